The number of tetrazole rings is 1. The van der Waals surface area contributed by atoms with E-state index in [4.69, 9.17) is 9.15 Å². The highest BCUT2D eigenvalue weighted by atomic mass is 32.2. The Morgan fingerprint density at radius 3 is 2.78 bits per heavy atom. The average Bonchev–Trinajstić information content (AvgIpc) is 3.12. The van der Waals surface area contributed by atoms with Crippen LogP contribution in [0.3, 0.4) is 0 Å². The lowest BCUT2D eigenvalue weighted by Crippen LogP contribution is -2.02. The van der Waals surface area contributed by atoms with E-state index in [0.29, 0.717) is 22.5 Å². The Morgan fingerprint density at radius 1 is 1.26 bits per heavy atom. The van der Waals surface area contributed by atoms with Gasteiger partial charge in [-0.25, -0.2) is 4.98 Å². The molecule has 120 valence electrons. The minimum absolute atomic E-state index is 0.559. The fraction of sp³-hybridized carbons (Fsp3) is 0.333. The highest BCUT2D eigenvalue weighted by molar-refractivity contribution is 7.98. The van der Waals surface area contributed by atoms with Gasteiger partial charge in [-0.05, 0) is 48.9 Å². The number of ether oxygens (including phenoxy) is 1. The van der Waals surface area contributed by atoms with Crippen LogP contribution in [0.2, 0.25) is 0 Å². The Hall–Kier alpha value is -2.35. The summed E-state index contributed by atoms with van der Waals surface area (Å²) in [6.45, 7) is 5.84. The van der Waals surface area contributed by atoms with E-state index in [0.717, 1.165) is 22.7 Å². The summed E-state index contributed by atoms with van der Waals surface area (Å²) in [6.07, 6.45) is 0. The summed E-state index contributed by atoms with van der Waals surface area (Å²) in [5.74, 6) is 2.77. The number of nitrogens with zero attached hydrogens (tertiary/aromatic N) is 5. The third kappa shape index (κ3) is 3.21. The van der Waals surface area contributed by atoms with Crippen molar-refractivity contribution in [3.05, 3.63) is 41.1 Å². The van der Waals surface area contributed by atoms with Gasteiger partial charge in [0.2, 0.25) is 11.0 Å². The maximum atomic E-state index is 5.59. The van der Waals surface area contributed by atoms with E-state index in [2.05, 4.69) is 20.5 Å². The molecule has 0 aliphatic heterocycles. The summed E-state index contributed by atoms with van der Waals surface area (Å²) in [4.78, 5) is 4.37. The van der Waals surface area contributed by atoms with Crippen LogP contribution in [0.15, 0.2) is 27.8 Å². The molecule has 0 aliphatic carbocycles. The zero-order chi connectivity index (χ0) is 16.4. The summed E-state index contributed by atoms with van der Waals surface area (Å²) >= 11 is 1.46. The van der Waals surface area contributed by atoms with Crippen LogP contribution in [0.1, 0.15) is 22.9 Å². The van der Waals surface area contributed by atoms with Crippen molar-refractivity contribution in [1.82, 2.24) is 25.2 Å². The molecular weight excluding hydrogens is 314 g/mol. The first-order valence-electron chi connectivity index (χ1n) is 7.07. The molecule has 23 heavy (non-hydrogen) atoms. The molecule has 0 saturated heterocycles. The molecule has 3 aromatic rings. The third-order valence-electron chi connectivity index (χ3n) is 3.40. The van der Waals surface area contributed by atoms with E-state index in [1.807, 2.05) is 39.0 Å². The smallest absolute Gasteiger partial charge is 0.214 e. The summed E-state index contributed by atoms with van der Waals surface area (Å²) in [5, 5.41) is 12.6. The molecule has 0 unspecified atom stereocenters. The lowest BCUT2D eigenvalue weighted by atomic mass is 10.2. The van der Waals surface area contributed by atoms with Crippen LogP contribution in [0, 0.1) is 20.8 Å². The standard InChI is InChI=1S/C15H17N5O2S/c1-9-5-6-13(21-4)12(7-9)20-15(17-18-19-20)23-8-14-16-10(2)11(3)22-14/h5-7H,8H2,1-4H3. The average molecular weight is 331 g/mol. The van der Waals surface area contributed by atoms with Crippen molar-refractivity contribution in [3.8, 4) is 11.4 Å². The van der Waals surface area contributed by atoms with E-state index >= 15 is 0 Å². The van der Waals surface area contributed by atoms with Gasteiger partial charge in [-0.1, -0.05) is 17.8 Å². The number of rotatable bonds is 5. The Bertz CT molecular complexity index is 808. The summed E-state index contributed by atoms with van der Waals surface area (Å²) in [5.41, 5.74) is 2.81. The molecule has 1 aromatic carbocycles. The molecule has 0 N–H and O–H groups in total. The van der Waals surface area contributed by atoms with Gasteiger partial charge in [-0.3, -0.25) is 0 Å². The molecule has 8 heteroatoms. The van der Waals surface area contributed by atoms with Crippen LogP contribution in [0.4, 0.5) is 0 Å². The lowest BCUT2D eigenvalue weighted by molar-refractivity contribution is 0.410. The normalized spacial score (nSPS) is 11.0. The highest BCUT2D eigenvalue weighted by Crippen LogP contribution is 2.28. The molecule has 2 heterocycles. The monoisotopic (exact) mass is 331 g/mol. The van der Waals surface area contributed by atoms with Gasteiger partial charge in [-0.15, -0.1) is 5.10 Å². The van der Waals surface area contributed by atoms with Crippen molar-refractivity contribution in [2.75, 3.05) is 7.11 Å². The number of aromatic nitrogens is 5. The number of methoxy groups -OCH3 is 1. The van der Waals surface area contributed by atoms with E-state index in [-0.39, 0.29) is 0 Å². The Kier molecular flexibility index (Phi) is 4.33. The number of benzene rings is 1. The van der Waals surface area contributed by atoms with E-state index in [1.165, 1.54) is 11.8 Å². The van der Waals surface area contributed by atoms with Gasteiger partial charge < -0.3 is 9.15 Å². The Morgan fingerprint density at radius 2 is 2.09 bits per heavy atom. The molecule has 0 aliphatic rings. The van der Waals surface area contributed by atoms with Crippen LogP contribution < -0.4 is 4.74 Å². The molecule has 0 saturated carbocycles. The highest BCUT2D eigenvalue weighted by Gasteiger charge is 2.15. The predicted molar refractivity (Wildman–Crippen MR) is 86.0 cm³/mol. The van der Waals surface area contributed by atoms with Crippen LogP contribution in [-0.4, -0.2) is 32.3 Å². The first kappa shape index (κ1) is 15.5. The molecule has 2 aromatic heterocycles. The van der Waals surface area contributed by atoms with Crippen molar-refractivity contribution in [1.29, 1.82) is 0 Å². The molecule has 0 spiro atoms. The molecule has 0 radical (unpaired) electrons. The minimum Gasteiger partial charge on any atom is -0.494 e. The molecule has 7 nitrogen and oxygen atoms in total. The summed E-state index contributed by atoms with van der Waals surface area (Å²) in [6, 6.07) is 5.87. The third-order valence-corrected chi connectivity index (χ3v) is 4.31. The second kappa shape index (κ2) is 6.41. The molecular formula is C15H17N5O2S. The molecule has 0 bridgehead atoms. The largest absolute Gasteiger partial charge is 0.494 e. The molecule has 0 fully saturated rings. The van der Waals surface area contributed by atoms with Gasteiger partial charge >= 0.3 is 0 Å². The zero-order valence-corrected chi connectivity index (χ0v) is 14.2. The van der Waals surface area contributed by atoms with Crippen LogP contribution in [0.5, 0.6) is 5.75 Å². The fourth-order valence-corrected chi connectivity index (χ4v) is 2.84. The number of oxazole rings is 1. The number of hydrogen-bond acceptors (Lipinski definition) is 7. The molecule has 3 rings (SSSR count). The van der Waals surface area contributed by atoms with Gasteiger partial charge in [0.25, 0.3) is 0 Å². The maximum Gasteiger partial charge on any atom is 0.214 e. The van der Waals surface area contributed by atoms with Gasteiger partial charge in [0.15, 0.2) is 0 Å². The van der Waals surface area contributed by atoms with Crippen molar-refractivity contribution >= 4 is 11.8 Å². The first-order valence-corrected chi connectivity index (χ1v) is 8.06. The van der Waals surface area contributed by atoms with Gasteiger partial charge in [0, 0.05) is 0 Å². The topological polar surface area (TPSA) is 78.9 Å². The summed E-state index contributed by atoms with van der Waals surface area (Å²) in [7, 11) is 1.63. The van der Waals surface area contributed by atoms with Gasteiger partial charge in [-0.2, -0.15) is 4.68 Å². The zero-order valence-electron chi connectivity index (χ0n) is 13.4. The van der Waals surface area contributed by atoms with E-state index < -0.39 is 0 Å². The summed E-state index contributed by atoms with van der Waals surface area (Å²) < 4.78 is 12.7. The van der Waals surface area contributed by atoms with E-state index in [1.54, 1.807) is 11.8 Å². The van der Waals surface area contributed by atoms with Gasteiger partial charge in [0.05, 0.1) is 18.6 Å². The number of aryl methyl sites for hydroxylation is 3. The molecule has 0 atom stereocenters. The Labute approximate surface area is 138 Å². The second-order valence-corrected chi connectivity index (χ2v) is 6.03. The fourth-order valence-electron chi connectivity index (χ4n) is 2.11. The number of thioether (sulfide) groups is 1. The van der Waals surface area contributed by atoms with Crippen LogP contribution in [0.25, 0.3) is 5.69 Å². The SMILES string of the molecule is COc1ccc(C)cc1-n1nnnc1SCc1nc(C)c(C)o1. The maximum absolute atomic E-state index is 5.59. The van der Waals surface area contributed by atoms with Crippen molar-refractivity contribution in [2.45, 2.75) is 31.7 Å². The van der Waals surface area contributed by atoms with Crippen molar-refractivity contribution < 1.29 is 9.15 Å². The predicted octanol–water partition coefficient (Wildman–Crippen LogP) is 2.88. The lowest BCUT2D eigenvalue weighted by Gasteiger charge is -2.09. The molecule has 0 amide bonds. The first-order chi connectivity index (χ1) is 11.1. The van der Waals surface area contributed by atoms with E-state index in [9.17, 15) is 0 Å². The number of hydrogen-bond donors (Lipinski definition) is 0. The minimum atomic E-state index is 0.559. The van der Waals surface area contributed by atoms with Gasteiger partial charge in [0.1, 0.15) is 17.2 Å². The Balaban J connectivity index is 1.86. The van der Waals surface area contributed by atoms with Crippen molar-refractivity contribution in [3.63, 3.8) is 0 Å². The quantitative estimate of drug-likeness (QED) is 0.665. The van der Waals surface area contributed by atoms with Crippen LogP contribution in [-0.2, 0) is 5.75 Å². The van der Waals surface area contributed by atoms with Crippen molar-refractivity contribution in [2.24, 2.45) is 0 Å². The second-order valence-electron chi connectivity index (χ2n) is 5.09. The van der Waals surface area contributed by atoms with Crippen LogP contribution >= 0.6 is 11.8 Å².